The highest BCUT2D eigenvalue weighted by Crippen LogP contribution is 2.09. The maximum absolute atomic E-state index is 11.8. The van der Waals surface area contributed by atoms with Gasteiger partial charge < -0.3 is 5.32 Å². The van der Waals surface area contributed by atoms with E-state index >= 15 is 0 Å². The number of pyridine rings is 1. The van der Waals surface area contributed by atoms with E-state index in [0.717, 1.165) is 5.56 Å². The van der Waals surface area contributed by atoms with E-state index in [-0.39, 0.29) is 16.8 Å². The van der Waals surface area contributed by atoms with Gasteiger partial charge in [0.25, 0.3) is 5.91 Å². The Balaban J connectivity index is 2.14. The third-order valence-electron chi connectivity index (χ3n) is 2.00. The highest BCUT2D eigenvalue weighted by molar-refractivity contribution is 6.29. The summed E-state index contributed by atoms with van der Waals surface area (Å²) in [4.78, 5) is 15.7. The first-order valence-corrected chi connectivity index (χ1v) is 5.25. The largest absolute Gasteiger partial charge is 0.319 e. The first kappa shape index (κ1) is 11.5. The van der Waals surface area contributed by atoms with Gasteiger partial charge in [0.05, 0.1) is 11.9 Å². The number of aromatic nitrogens is 3. The second-order valence-corrected chi connectivity index (χ2v) is 3.83. The molecule has 0 saturated heterocycles. The number of nitrogens with one attached hydrogen (secondary N) is 1. The molecule has 17 heavy (non-hydrogen) atoms. The smallest absolute Gasteiger partial charge is 0.276 e. The zero-order valence-corrected chi connectivity index (χ0v) is 9.77. The van der Waals surface area contributed by atoms with Crippen molar-refractivity contribution < 1.29 is 4.79 Å². The second-order valence-electron chi connectivity index (χ2n) is 3.45. The number of carbonyl (C=O) groups is 1. The van der Waals surface area contributed by atoms with E-state index in [0.29, 0.717) is 5.69 Å². The van der Waals surface area contributed by atoms with Gasteiger partial charge >= 0.3 is 0 Å². The average Bonchev–Trinajstić information content (AvgIpc) is 2.29. The van der Waals surface area contributed by atoms with Gasteiger partial charge in [-0.2, -0.15) is 0 Å². The number of aryl methyl sites for hydroxylation is 1. The molecule has 0 aliphatic carbocycles. The highest BCUT2D eigenvalue weighted by Gasteiger charge is 2.08. The first-order valence-electron chi connectivity index (χ1n) is 4.87. The molecule has 2 aromatic rings. The van der Waals surface area contributed by atoms with Crippen molar-refractivity contribution in [1.29, 1.82) is 0 Å². The van der Waals surface area contributed by atoms with Gasteiger partial charge in [-0.15, -0.1) is 10.2 Å². The monoisotopic (exact) mass is 248 g/mol. The number of amides is 1. The standard InChI is InChI=1S/C11H9ClN4O/c1-7-4-8(6-13-5-7)14-11(17)9-2-3-10(12)16-15-9/h2-6H,1H3,(H,14,17). The Kier molecular flexibility index (Phi) is 3.30. The average molecular weight is 249 g/mol. The fourth-order valence-electron chi connectivity index (χ4n) is 1.26. The van der Waals surface area contributed by atoms with Crippen LogP contribution in [0.25, 0.3) is 0 Å². The van der Waals surface area contributed by atoms with Crippen LogP contribution < -0.4 is 5.32 Å². The molecular weight excluding hydrogens is 240 g/mol. The molecule has 2 aromatic heterocycles. The predicted octanol–water partition coefficient (Wildman–Crippen LogP) is 2.09. The lowest BCUT2D eigenvalue weighted by Crippen LogP contribution is -2.14. The molecule has 0 radical (unpaired) electrons. The number of carbonyl (C=O) groups excluding carboxylic acids is 1. The molecule has 0 spiro atoms. The number of rotatable bonds is 2. The van der Waals surface area contributed by atoms with Crippen LogP contribution in [-0.2, 0) is 0 Å². The number of nitrogens with zero attached hydrogens (tertiary/aromatic N) is 3. The van der Waals surface area contributed by atoms with Crippen molar-refractivity contribution in [3.8, 4) is 0 Å². The molecule has 1 N–H and O–H groups in total. The molecule has 6 heteroatoms. The van der Waals surface area contributed by atoms with Crippen molar-refractivity contribution in [2.24, 2.45) is 0 Å². The maximum atomic E-state index is 11.8. The Morgan fingerprint density at radius 1 is 1.29 bits per heavy atom. The van der Waals surface area contributed by atoms with Crippen LogP contribution in [0.15, 0.2) is 30.6 Å². The van der Waals surface area contributed by atoms with Crippen molar-refractivity contribution in [2.45, 2.75) is 6.92 Å². The lowest BCUT2D eigenvalue weighted by molar-refractivity contribution is 0.102. The minimum Gasteiger partial charge on any atom is -0.319 e. The van der Waals surface area contributed by atoms with Gasteiger partial charge in [0.1, 0.15) is 0 Å². The molecule has 0 bridgehead atoms. The van der Waals surface area contributed by atoms with E-state index in [9.17, 15) is 4.79 Å². The molecular formula is C11H9ClN4O. The van der Waals surface area contributed by atoms with E-state index < -0.39 is 0 Å². The Hall–Kier alpha value is -2.01. The molecule has 0 saturated carbocycles. The third-order valence-corrected chi connectivity index (χ3v) is 2.20. The Morgan fingerprint density at radius 2 is 2.12 bits per heavy atom. The van der Waals surface area contributed by atoms with Gasteiger partial charge in [-0.05, 0) is 30.7 Å². The minimum absolute atomic E-state index is 0.205. The summed E-state index contributed by atoms with van der Waals surface area (Å²) < 4.78 is 0. The molecule has 0 aromatic carbocycles. The minimum atomic E-state index is -0.346. The summed E-state index contributed by atoms with van der Waals surface area (Å²) in [7, 11) is 0. The molecule has 0 aliphatic rings. The summed E-state index contributed by atoms with van der Waals surface area (Å²) in [5.41, 5.74) is 1.78. The summed E-state index contributed by atoms with van der Waals surface area (Å²) in [5, 5.41) is 10.2. The molecule has 1 amide bonds. The van der Waals surface area contributed by atoms with Crippen LogP contribution in [0.4, 0.5) is 5.69 Å². The molecule has 86 valence electrons. The molecule has 0 aliphatic heterocycles. The van der Waals surface area contributed by atoms with Crippen LogP contribution in [-0.4, -0.2) is 21.1 Å². The zero-order chi connectivity index (χ0) is 12.3. The fourth-order valence-corrected chi connectivity index (χ4v) is 1.36. The van der Waals surface area contributed by atoms with Crippen LogP contribution in [0.5, 0.6) is 0 Å². The Morgan fingerprint density at radius 3 is 2.76 bits per heavy atom. The third kappa shape index (κ3) is 2.98. The summed E-state index contributed by atoms with van der Waals surface area (Å²) >= 11 is 5.58. The molecule has 5 nitrogen and oxygen atoms in total. The van der Waals surface area contributed by atoms with E-state index in [2.05, 4.69) is 20.5 Å². The molecule has 2 rings (SSSR count). The normalized spacial score (nSPS) is 10.0. The van der Waals surface area contributed by atoms with E-state index in [1.54, 1.807) is 12.4 Å². The van der Waals surface area contributed by atoms with Crippen LogP contribution in [0, 0.1) is 6.92 Å². The van der Waals surface area contributed by atoms with Gasteiger partial charge in [-0.1, -0.05) is 11.6 Å². The number of hydrogen-bond acceptors (Lipinski definition) is 4. The van der Waals surface area contributed by atoms with Crippen LogP contribution >= 0.6 is 11.6 Å². The molecule has 2 heterocycles. The van der Waals surface area contributed by atoms with Crippen LogP contribution in [0.3, 0.4) is 0 Å². The molecule has 0 atom stereocenters. The van der Waals surface area contributed by atoms with Gasteiger partial charge in [0, 0.05) is 6.20 Å². The van der Waals surface area contributed by atoms with Gasteiger partial charge in [0.15, 0.2) is 10.8 Å². The topological polar surface area (TPSA) is 67.8 Å². The highest BCUT2D eigenvalue weighted by atomic mass is 35.5. The second kappa shape index (κ2) is 4.88. The molecule has 0 unspecified atom stereocenters. The summed E-state index contributed by atoms with van der Waals surface area (Å²) in [6.07, 6.45) is 3.27. The summed E-state index contributed by atoms with van der Waals surface area (Å²) in [6, 6.07) is 4.83. The van der Waals surface area contributed by atoms with E-state index in [4.69, 9.17) is 11.6 Å². The van der Waals surface area contributed by atoms with Gasteiger partial charge in [0.2, 0.25) is 0 Å². The lowest BCUT2D eigenvalue weighted by Gasteiger charge is -2.04. The quantitative estimate of drug-likeness (QED) is 0.884. The number of hydrogen-bond donors (Lipinski definition) is 1. The summed E-state index contributed by atoms with van der Waals surface area (Å²) in [5.74, 6) is -0.346. The summed E-state index contributed by atoms with van der Waals surface area (Å²) in [6.45, 7) is 1.89. The lowest BCUT2D eigenvalue weighted by atomic mass is 10.3. The Labute approximate surface area is 103 Å². The van der Waals surface area contributed by atoms with E-state index in [1.165, 1.54) is 12.1 Å². The molecule has 0 fully saturated rings. The zero-order valence-electron chi connectivity index (χ0n) is 9.01. The number of halogens is 1. The van der Waals surface area contributed by atoms with Gasteiger partial charge in [-0.3, -0.25) is 9.78 Å². The van der Waals surface area contributed by atoms with Crippen molar-refractivity contribution in [1.82, 2.24) is 15.2 Å². The number of anilines is 1. The van der Waals surface area contributed by atoms with Gasteiger partial charge in [-0.25, -0.2) is 0 Å². The van der Waals surface area contributed by atoms with Crippen LogP contribution in [0.1, 0.15) is 16.1 Å². The van der Waals surface area contributed by atoms with Crippen molar-refractivity contribution in [3.05, 3.63) is 47.0 Å². The fraction of sp³-hybridized carbons (Fsp3) is 0.0909. The van der Waals surface area contributed by atoms with Crippen molar-refractivity contribution in [3.63, 3.8) is 0 Å². The van der Waals surface area contributed by atoms with Crippen molar-refractivity contribution in [2.75, 3.05) is 5.32 Å². The first-order chi connectivity index (χ1) is 8.15. The maximum Gasteiger partial charge on any atom is 0.276 e. The van der Waals surface area contributed by atoms with Crippen LogP contribution in [0.2, 0.25) is 5.15 Å². The van der Waals surface area contributed by atoms with E-state index in [1.807, 2.05) is 13.0 Å². The van der Waals surface area contributed by atoms with Crippen molar-refractivity contribution >= 4 is 23.2 Å². The predicted molar refractivity (Wildman–Crippen MR) is 64.0 cm³/mol. The SMILES string of the molecule is Cc1cncc(NC(=O)c2ccc(Cl)nn2)c1. The Bertz CT molecular complexity index is 541.